The van der Waals surface area contributed by atoms with E-state index in [-0.39, 0.29) is 17.0 Å². The molecule has 0 saturated heterocycles. The van der Waals surface area contributed by atoms with Crippen LogP contribution in [0.3, 0.4) is 0 Å². The summed E-state index contributed by atoms with van der Waals surface area (Å²) in [6.07, 6.45) is 6.45. The van der Waals surface area contributed by atoms with E-state index in [0.717, 1.165) is 29.7 Å². The average Bonchev–Trinajstić information content (AvgIpc) is 3.45. The number of nitriles is 1. The molecule has 0 atom stereocenters. The lowest BCUT2D eigenvalue weighted by molar-refractivity contribution is -0.132. The lowest BCUT2D eigenvalue weighted by Crippen LogP contribution is -2.33. The Kier molecular flexibility index (Phi) is 5.17. The molecular weight excluding hydrogens is 328 g/mol. The fourth-order valence-electron chi connectivity index (χ4n) is 3.29. The van der Waals surface area contributed by atoms with E-state index in [1.807, 2.05) is 30.0 Å². The Morgan fingerprint density at radius 1 is 1.35 bits per heavy atom. The van der Waals surface area contributed by atoms with Gasteiger partial charge in [0.15, 0.2) is 0 Å². The van der Waals surface area contributed by atoms with Crippen molar-refractivity contribution in [2.45, 2.75) is 52.1 Å². The average molecular weight is 350 g/mol. The van der Waals surface area contributed by atoms with Crippen LogP contribution in [0.1, 0.15) is 47.2 Å². The van der Waals surface area contributed by atoms with Crippen molar-refractivity contribution in [2.75, 3.05) is 0 Å². The lowest BCUT2D eigenvalue weighted by Gasteiger charge is -2.23. The number of hydrogen-bond acceptors (Lipinski definition) is 4. The number of aromatic nitrogens is 2. The van der Waals surface area contributed by atoms with Gasteiger partial charge in [-0.25, -0.2) is 0 Å². The zero-order valence-electron chi connectivity index (χ0n) is 15.1. The Morgan fingerprint density at radius 2 is 2.04 bits per heavy atom. The van der Waals surface area contributed by atoms with Crippen LogP contribution in [-0.4, -0.2) is 26.8 Å². The molecule has 1 fully saturated rings. The summed E-state index contributed by atoms with van der Waals surface area (Å²) >= 11 is 0. The summed E-state index contributed by atoms with van der Waals surface area (Å²) in [4.78, 5) is 33.3. The normalized spacial score (nSPS) is 13.3. The second-order valence-corrected chi connectivity index (χ2v) is 6.78. The number of aryl methyl sites for hydroxylation is 1. The van der Waals surface area contributed by atoms with E-state index in [0.29, 0.717) is 31.0 Å². The Morgan fingerprint density at radius 3 is 2.65 bits per heavy atom. The largest absolute Gasteiger partial charge is 0.335 e. The third kappa shape index (κ3) is 3.83. The molecule has 2 aromatic heterocycles. The molecule has 0 aliphatic heterocycles. The van der Waals surface area contributed by atoms with Crippen LogP contribution in [0.2, 0.25) is 0 Å². The molecule has 2 heterocycles. The number of carbonyl (C=O) groups excluding carboxylic acids is 1. The third-order valence-corrected chi connectivity index (χ3v) is 4.92. The molecule has 0 unspecified atom stereocenters. The highest BCUT2D eigenvalue weighted by molar-refractivity contribution is 5.77. The van der Waals surface area contributed by atoms with Crippen LogP contribution in [0.15, 0.2) is 29.3 Å². The van der Waals surface area contributed by atoms with Crippen LogP contribution < -0.4 is 5.56 Å². The second-order valence-electron chi connectivity index (χ2n) is 6.78. The van der Waals surface area contributed by atoms with Gasteiger partial charge < -0.3 is 9.88 Å². The van der Waals surface area contributed by atoms with Gasteiger partial charge in [-0.3, -0.25) is 14.6 Å². The van der Waals surface area contributed by atoms with E-state index in [1.54, 1.807) is 19.3 Å². The molecule has 26 heavy (non-hydrogen) atoms. The van der Waals surface area contributed by atoms with Crippen molar-refractivity contribution in [1.29, 1.82) is 5.26 Å². The van der Waals surface area contributed by atoms with E-state index in [9.17, 15) is 14.9 Å². The first-order valence-corrected chi connectivity index (χ1v) is 8.82. The highest BCUT2D eigenvalue weighted by Gasteiger charge is 2.32. The van der Waals surface area contributed by atoms with Crippen LogP contribution in [0.25, 0.3) is 0 Å². The van der Waals surface area contributed by atoms with E-state index in [2.05, 4.69) is 9.97 Å². The number of rotatable bonds is 6. The summed E-state index contributed by atoms with van der Waals surface area (Å²) in [5.74, 6) is 0.104. The summed E-state index contributed by atoms with van der Waals surface area (Å²) < 4.78 is 0. The van der Waals surface area contributed by atoms with Crippen molar-refractivity contribution in [2.24, 2.45) is 0 Å². The minimum absolute atomic E-state index is 0.104. The van der Waals surface area contributed by atoms with E-state index in [4.69, 9.17) is 0 Å². The quantitative estimate of drug-likeness (QED) is 0.866. The Balaban J connectivity index is 1.73. The molecule has 1 aliphatic carbocycles. The minimum atomic E-state index is -0.366. The van der Waals surface area contributed by atoms with Crippen molar-refractivity contribution in [1.82, 2.24) is 14.9 Å². The van der Waals surface area contributed by atoms with E-state index in [1.165, 1.54) is 0 Å². The molecule has 1 saturated carbocycles. The first kappa shape index (κ1) is 17.9. The van der Waals surface area contributed by atoms with Gasteiger partial charge in [0.05, 0.1) is 0 Å². The zero-order chi connectivity index (χ0) is 18.7. The third-order valence-electron chi connectivity index (χ3n) is 4.92. The standard InChI is InChI=1S/C20H22N4O2/c1-13-17(14(2)23-20(26)18(13)11-21)5-6-19(25)24(16-3-4-16)12-15-7-9-22-10-8-15/h7-10,16H,3-6,12H2,1-2H3,(H,23,26). The van der Waals surface area contributed by atoms with Gasteiger partial charge in [0, 0.05) is 37.1 Å². The second kappa shape index (κ2) is 7.52. The number of amides is 1. The van der Waals surface area contributed by atoms with Crippen LogP contribution in [0.5, 0.6) is 0 Å². The molecule has 3 rings (SSSR count). The highest BCUT2D eigenvalue weighted by atomic mass is 16.2. The maximum absolute atomic E-state index is 12.8. The summed E-state index contributed by atoms with van der Waals surface area (Å²) in [6.45, 7) is 4.18. The van der Waals surface area contributed by atoms with Crippen molar-refractivity contribution in [3.8, 4) is 6.07 Å². The first-order valence-electron chi connectivity index (χ1n) is 8.82. The number of pyridine rings is 2. The fourth-order valence-corrected chi connectivity index (χ4v) is 3.29. The smallest absolute Gasteiger partial charge is 0.266 e. The SMILES string of the molecule is Cc1[nH]c(=O)c(C#N)c(C)c1CCC(=O)N(Cc1ccncc1)C1CC1. The number of nitrogens with one attached hydrogen (secondary N) is 1. The lowest BCUT2D eigenvalue weighted by atomic mass is 9.99. The molecule has 134 valence electrons. The zero-order valence-corrected chi connectivity index (χ0v) is 15.1. The van der Waals surface area contributed by atoms with Crippen molar-refractivity contribution in [3.05, 3.63) is 62.8 Å². The number of H-pyrrole nitrogens is 1. The Hall–Kier alpha value is -2.94. The topological polar surface area (TPSA) is 89.8 Å². The molecule has 6 heteroatoms. The molecule has 0 bridgehead atoms. The number of aromatic amines is 1. The van der Waals surface area contributed by atoms with E-state index >= 15 is 0 Å². The van der Waals surface area contributed by atoms with Crippen LogP contribution in [0.4, 0.5) is 0 Å². The summed E-state index contributed by atoms with van der Waals surface area (Å²) in [5, 5.41) is 9.18. The molecule has 6 nitrogen and oxygen atoms in total. The molecule has 1 aliphatic rings. The molecule has 0 aromatic carbocycles. The van der Waals surface area contributed by atoms with E-state index < -0.39 is 0 Å². The summed E-state index contributed by atoms with van der Waals surface area (Å²) in [5.41, 5.74) is 3.13. The highest BCUT2D eigenvalue weighted by Crippen LogP contribution is 2.29. The van der Waals surface area contributed by atoms with Gasteiger partial charge in [-0.1, -0.05) is 0 Å². The number of nitrogens with zero attached hydrogens (tertiary/aromatic N) is 3. The van der Waals surface area contributed by atoms with Gasteiger partial charge in [-0.05, 0) is 61.9 Å². The van der Waals surface area contributed by atoms with Crippen LogP contribution >= 0.6 is 0 Å². The molecule has 0 spiro atoms. The molecule has 1 amide bonds. The molecule has 2 aromatic rings. The van der Waals surface area contributed by atoms with Gasteiger partial charge >= 0.3 is 0 Å². The Labute approximate surface area is 152 Å². The van der Waals surface area contributed by atoms with Gasteiger partial charge in [-0.2, -0.15) is 5.26 Å². The maximum atomic E-state index is 12.8. The maximum Gasteiger partial charge on any atom is 0.266 e. The molecular formula is C20H22N4O2. The fraction of sp³-hybridized carbons (Fsp3) is 0.400. The van der Waals surface area contributed by atoms with Crippen LogP contribution in [-0.2, 0) is 17.8 Å². The van der Waals surface area contributed by atoms with Crippen molar-refractivity contribution in [3.63, 3.8) is 0 Å². The monoisotopic (exact) mass is 350 g/mol. The first-order chi connectivity index (χ1) is 12.5. The van der Waals surface area contributed by atoms with Gasteiger partial charge in [0.2, 0.25) is 5.91 Å². The molecule has 1 N–H and O–H groups in total. The van der Waals surface area contributed by atoms with Crippen molar-refractivity contribution < 1.29 is 4.79 Å². The molecule has 0 radical (unpaired) electrons. The predicted octanol–water partition coefficient (Wildman–Crippen LogP) is 2.38. The van der Waals surface area contributed by atoms with Gasteiger partial charge in [0.25, 0.3) is 5.56 Å². The van der Waals surface area contributed by atoms with Crippen LogP contribution in [0, 0.1) is 25.2 Å². The summed E-state index contributed by atoms with van der Waals surface area (Å²) in [7, 11) is 0. The van der Waals surface area contributed by atoms with Gasteiger partial charge in [0.1, 0.15) is 11.6 Å². The minimum Gasteiger partial charge on any atom is -0.335 e. The van der Waals surface area contributed by atoms with Gasteiger partial charge in [-0.15, -0.1) is 0 Å². The number of hydrogen-bond donors (Lipinski definition) is 1. The predicted molar refractivity (Wildman–Crippen MR) is 97.4 cm³/mol. The van der Waals surface area contributed by atoms with Crippen molar-refractivity contribution >= 4 is 5.91 Å². The Bertz CT molecular complexity index is 908. The number of carbonyl (C=O) groups is 1. The summed E-state index contributed by atoms with van der Waals surface area (Å²) in [6, 6.07) is 6.14.